The van der Waals surface area contributed by atoms with Gasteiger partial charge in [-0.1, -0.05) is 43.5 Å². The van der Waals surface area contributed by atoms with Crippen molar-refractivity contribution in [1.29, 1.82) is 0 Å². The van der Waals surface area contributed by atoms with Crippen molar-refractivity contribution >= 4 is 23.2 Å². The predicted octanol–water partition coefficient (Wildman–Crippen LogP) is 4.22. The van der Waals surface area contributed by atoms with E-state index in [1.54, 1.807) is 19.2 Å². The molecule has 2 aromatic carbocycles. The molecular weight excluding hydrogens is 452 g/mol. The molecule has 1 aliphatic carbocycles. The first-order chi connectivity index (χ1) is 17.4. The topological polar surface area (TPSA) is 96.7 Å². The van der Waals surface area contributed by atoms with Gasteiger partial charge in [0.15, 0.2) is 0 Å². The number of methoxy groups -OCH3 is 1. The molecule has 1 heterocycles. The highest BCUT2D eigenvalue weighted by atomic mass is 16.5. The fraction of sp³-hybridized carbons (Fsp3) is 0.517. The number of amides is 2. The van der Waals surface area contributed by atoms with Crippen molar-refractivity contribution in [1.82, 2.24) is 5.32 Å². The molecule has 0 spiro atoms. The second kappa shape index (κ2) is 13.9. The summed E-state index contributed by atoms with van der Waals surface area (Å²) in [6, 6.07) is 16.0. The number of anilines is 2. The molecule has 2 atom stereocenters. The van der Waals surface area contributed by atoms with Gasteiger partial charge in [-0.3, -0.25) is 9.59 Å². The first-order valence-corrected chi connectivity index (χ1v) is 13.1. The van der Waals surface area contributed by atoms with Gasteiger partial charge < -0.3 is 26.0 Å². The Morgan fingerprint density at radius 1 is 1.08 bits per heavy atom. The highest BCUT2D eigenvalue weighted by molar-refractivity contribution is 5.93. The van der Waals surface area contributed by atoms with Crippen molar-refractivity contribution in [2.45, 2.75) is 51.0 Å². The molecule has 4 N–H and O–H groups in total. The Balaban J connectivity index is 0.000000253. The van der Waals surface area contributed by atoms with Gasteiger partial charge in [0.05, 0.1) is 12.6 Å². The molecule has 1 fully saturated rings. The zero-order valence-electron chi connectivity index (χ0n) is 22.0. The number of para-hydroxylation sites is 1. The fourth-order valence-corrected chi connectivity index (χ4v) is 5.07. The monoisotopic (exact) mass is 494 g/mol. The first-order valence-electron chi connectivity index (χ1n) is 13.1. The summed E-state index contributed by atoms with van der Waals surface area (Å²) in [6.07, 6.45) is 7.88. The summed E-state index contributed by atoms with van der Waals surface area (Å²) in [6.45, 7) is 1.47. The number of rotatable bonds is 8. The van der Waals surface area contributed by atoms with Crippen molar-refractivity contribution in [2.24, 2.45) is 17.6 Å². The molecule has 4 rings (SSSR count). The standard InChI is InChI=1S/C20H30N2O2.C9H12N2O/c1-24-14-19-17(13-16-9-5-6-10-18(16)22-19)11-12-21-20(23)15-7-3-2-4-8-15;1-11(2)8-5-3-4-7(6-8)9(10)12/h5-6,9-10,15,17,19,22H,2-4,7-8,11-14H2,1H3,(H,21,23);3-6H,1-2H3,(H2,10,12)/t17-,19-;/m0./s1. The smallest absolute Gasteiger partial charge is 0.248 e. The van der Waals surface area contributed by atoms with Crippen LogP contribution in [0.4, 0.5) is 11.4 Å². The summed E-state index contributed by atoms with van der Waals surface area (Å²) < 4.78 is 5.40. The first kappa shape index (κ1) is 27.5. The molecule has 2 amide bonds. The van der Waals surface area contributed by atoms with Crippen LogP contribution in [0.3, 0.4) is 0 Å². The molecule has 0 aromatic heterocycles. The van der Waals surface area contributed by atoms with Crippen LogP contribution in [-0.2, 0) is 16.0 Å². The number of benzene rings is 2. The van der Waals surface area contributed by atoms with Crippen LogP contribution < -0.4 is 21.3 Å². The van der Waals surface area contributed by atoms with E-state index in [1.807, 2.05) is 31.1 Å². The Morgan fingerprint density at radius 3 is 2.53 bits per heavy atom. The van der Waals surface area contributed by atoms with E-state index in [-0.39, 0.29) is 11.8 Å². The third-order valence-corrected chi connectivity index (χ3v) is 7.19. The predicted molar refractivity (Wildman–Crippen MR) is 146 cm³/mol. The molecule has 0 radical (unpaired) electrons. The number of carbonyl (C=O) groups excluding carboxylic acids is 2. The molecule has 1 saturated carbocycles. The quantitative estimate of drug-likeness (QED) is 0.511. The molecule has 196 valence electrons. The van der Waals surface area contributed by atoms with E-state index in [1.165, 1.54) is 30.5 Å². The van der Waals surface area contributed by atoms with Crippen LogP contribution in [0.1, 0.15) is 54.4 Å². The van der Waals surface area contributed by atoms with E-state index in [0.717, 1.165) is 37.9 Å². The van der Waals surface area contributed by atoms with Gasteiger partial charge >= 0.3 is 0 Å². The summed E-state index contributed by atoms with van der Waals surface area (Å²) in [5.74, 6) is 0.617. The number of hydrogen-bond donors (Lipinski definition) is 3. The maximum Gasteiger partial charge on any atom is 0.248 e. The van der Waals surface area contributed by atoms with Crippen LogP contribution in [0.25, 0.3) is 0 Å². The van der Waals surface area contributed by atoms with Crippen LogP contribution in [0.5, 0.6) is 0 Å². The van der Waals surface area contributed by atoms with E-state index in [4.69, 9.17) is 10.5 Å². The molecular formula is C29H42N4O3. The van der Waals surface area contributed by atoms with Crippen molar-refractivity contribution in [3.63, 3.8) is 0 Å². The Labute approximate surface area is 215 Å². The maximum absolute atomic E-state index is 12.3. The zero-order valence-corrected chi connectivity index (χ0v) is 22.0. The van der Waals surface area contributed by atoms with Crippen molar-refractivity contribution in [2.75, 3.05) is 44.6 Å². The summed E-state index contributed by atoms with van der Waals surface area (Å²) in [4.78, 5) is 25.0. The number of hydrogen-bond acceptors (Lipinski definition) is 5. The summed E-state index contributed by atoms with van der Waals surface area (Å²) in [5, 5.41) is 6.79. The van der Waals surface area contributed by atoms with Crippen LogP contribution >= 0.6 is 0 Å². The molecule has 7 heteroatoms. The molecule has 7 nitrogen and oxygen atoms in total. The number of ether oxygens (including phenoxy) is 1. The Bertz CT molecular complexity index is 988. The minimum atomic E-state index is -0.390. The van der Waals surface area contributed by atoms with Gasteiger partial charge in [-0.25, -0.2) is 0 Å². The van der Waals surface area contributed by atoms with Gasteiger partial charge in [-0.2, -0.15) is 0 Å². The lowest BCUT2D eigenvalue weighted by molar-refractivity contribution is -0.125. The van der Waals surface area contributed by atoms with Crippen LogP contribution in [0.2, 0.25) is 0 Å². The average Bonchev–Trinajstić information content (AvgIpc) is 2.90. The fourth-order valence-electron chi connectivity index (χ4n) is 5.07. The lowest BCUT2D eigenvalue weighted by Gasteiger charge is -2.34. The third kappa shape index (κ3) is 7.98. The Kier molecular flexibility index (Phi) is 10.6. The minimum Gasteiger partial charge on any atom is -0.383 e. The van der Waals surface area contributed by atoms with Crippen LogP contribution in [0, 0.1) is 11.8 Å². The van der Waals surface area contributed by atoms with E-state index in [9.17, 15) is 9.59 Å². The number of fused-ring (bicyclic) bond motifs is 1. The SMILES string of the molecule is CN(C)c1cccc(C(N)=O)c1.COC[C@@H]1Nc2ccccc2C[C@@H]1CCNC(=O)C1CCCCC1. The van der Waals surface area contributed by atoms with Gasteiger partial charge in [-0.15, -0.1) is 0 Å². The largest absolute Gasteiger partial charge is 0.383 e. The Morgan fingerprint density at radius 2 is 1.83 bits per heavy atom. The average molecular weight is 495 g/mol. The number of nitrogens with one attached hydrogen (secondary N) is 2. The van der Waals surface area contributed by atoms with E-state index >= 15 is 0 Å². The normalized spacial score (nSPS) is 19.2. The Hall–Kier alpha value is -3.06. The lowest BCUT2D eigenvalue weighted by Crippen LogP contribution is -2.41. The number of nitrogens with two attached hydrogens (primary N) is 1. The van der Waals surface area contributed by atoms with Gasteiger partial charge in [0, 0.05) is 50.6 Å². The van der Waals surface area contributed by atoms with Gasteiger partial charge in [0.1, 0.15) is 0 Å². The maximum atomic E-state index is 12.3. The van der Waals surface area contributed by atoms with Crippen molar-refractivity contribution in [3.05, 3.63) is 59.7 Å². The molecule has 1 aliphatic heterocycles. The van der Waals surface area contributed by atoms with Crippen molar-refractivity contribution < 1.29 is 14.3 Å². The van der Waals surface area contributed by atoms with Crippen LogP contribution in [0.15, 0.2) is 48.5 Å². The lowest BCUT2D eigenvalue weighted by atomic mass is 9.85. The number of nitrogens with zero attached hydrogens (tertiary/aromatic N) is 1. The highest BCUT2D eigenvalue weighted by Gasteiger charge is 2.28. The highest BCUT2D eigenvalue weighted by Crippen LogP contribution is 2.30. The molecule has 2 aromatic rings. The molecule has 0 bridgehead atoms. The second-order valence-electron chi connectivity index (χ2n) is 10.1. The summed E-state index contributed by atoms with van der Waals surface area (Å²) >= 11 is 0. The van der Waals surface area contributed by atoms with Crippen molar-refractivity contribution in [3.8, 4) is 0 Å². The minimum absolute atomic E-state index is 0.249. The molecule has 36 heavy (non-hydrogen) atoms. The van der Waals surface area contributed by atoms with Gasteiger partial charge in [0.25, 0.3) is 0 Å². The number of primary amides is 1. The van der Waals surface area contributed by atoms with E-state index in [0.29, 0.717) is 24.1 Å². The number of carbonyl (C=O) groups is 2. The third-order valence-electron chi connectivity index (χ3n) is 7.19. The van der Waals surface area contributed by atoms with E-state index in [2.05, 4.69) is 34.9 Å². The summed E-state index contributed by atoms with van der Waals surface area (Å²) in [7, 11) is 5.59. The van der Waals surface area contributed by atoms with Crippen LogP contribution in [-0.4, -0.2) is 52.2 Å². The molecule has 0 saturated heterocycles. The van der Waals surface area contributed by atoms with E-state index < -0.39 is 5.91 Å². The van der Waals surface area contributed by atoms with Gasteiger partial charge in [0.2, 0.25) is 11.8 Å². The van der Waals surface area contributed by atoms with Gasteiger partial charge in [-0.05, 0) is 61.4 Å². The molecule has 2 aliphatic rings. The summed E-state index contributed by atoms with van der Waals surface area (Å²) in [5.41, 5.74) is 9.24. The molecule has 0 unspecified atom stereocenters. The zero-order chi connectivity index (χ0) is 25.9. The second-order valence-corrected chi connectivity index (χ2v) is 10.1.